The van der Waals surface area contributed by atoms with Crippen molar-refractivity contribution in [1.29, 1.82) is 0 Å². The van der Waals surface area contributed by atoms with E-state index in [1.807, 2.05) is 43.3 Å². The average molecular weight is 335 g/mol. The maximum Gasteiger partial charge on any atom is 0.254 e. The van der Waals surface area contributed by atoms with Crippen LogP contribution < -0.4 is 0 Å². The van der Waals surface area contributed by atoms with Crippen LogP contribution in [0.15, 0.2) is 54.6 Å². The minimum absolute atomic E-state index is 0.125. The van der Waals surface area contributed by atoms with Gasteiger partial charge in [0.2, 0.25) is 0 Å². The van der Waals surface area contributed by atoms with Crippen molar-refractivity contribution in [2.45, 2.75) is 19.9 Å². The van der Waals surface area contributed by atoms with Crippen molar-refractivity contribution in [3.8, 4) is 17.0 Å². The lowest BCUT2D eigenvalue weighted by Crippen LogP contribution is -2.30. The topological polar surface area (TPSA) is 69.2 Å². The molecule has 1 atom stereocenters. The molecule has 5 nitrogen and oxygen atoms in total. The zero-order valence-electron chi connectivity index (χ0n) is 14.5. The first-order valence-corrected chi connectivity index (χ1v) is 8.15. The highest BCUT2D eigenvalue weighted by Crippen LogP contribution is 2.26. The Morgan fingerprint density at radius 1 is 1.16 bits per heavy atom. The van der Waals surface area contributed by atoms with Crippen molar-refractivity contribution in [1.82, 2.24) is 15.1 Å². The van der Waals surface area contributed by atoms with Gasteiger partial charge in [0, 0.05) is 23.7 Å². The average Bonchev–Trinajstić information content (AvgIpc) is 3.13. The fraction of sp³-hybridized carbons (Fsp3) is 0.200. The Hall–Kier alpha value is -3.08. The normalized spacial score (nSPS) is 12.0. The second-order valence-electron chi connectivity index (χ2n) is 6.12. The number of aromatic amines is 1. The number of nitrogens with zero attached hydrogens (tertiary/aromatic N) is 2. The molecular weight excluding hydrogens is 314 g/mol. The number of phenolic OH excluding ortho intramolecular Hbond substituents is 1. The highest BCUT2D eigenvalue weighted by atomic mass is 16.3. The van der Waals surface area contributed by atoms with Crippen LogP contribution in [0.1, 0.15) is 34.6 Å². The van der Waals surface area contributed by atoms with Crippen LogP contribution in [0.3, 0.4) is 0 Å². The lowest BCUT2D eigenvalue weighted by atomic mass is 10.1. The number of H-pyrrole nitrogens is 1. The molecule has 0 aliphatic carbocycles. The summed E-state index contributed by atoms with van der Waals surface area (Å²) in [4.78, 5) is 14.4. The second-order valence-corrected chi connectivity index (χ2v) is 6.12. The summed E-state index contributed by atoms with van der Waals surface area (Å²) in [5.41, 5.74) is 3.80. The lowest BCUT2D eigenvalue weighted by molar-refractivity contribution is 0.0738. The molecule has 0 aliphatic heterocycles. The van der Waals surface area contributed by atoms with Gasteiger partial charge < -0.3 is 10.0 Å². The third-order valence-corrected chi connectivity index (χ3v) is 4.55. The van der Waals surface area contributed by atoms with Crippen LogP contribution in [0, 0.1) is 6.92 Å². The van der Waals surface area contributed by atoms with Gasteiger partial charge in [-0.2, -0.15) is 5.10 Å². The van der Waals surface area contributed by atoms with E-state index >= 15 is 0 Å². The number of carbonyl (C=O) groups excluding carboxylic acids is 1. The zero-order valence-corrected chi connectivity index (χ0v) is 14.5. The lowest BCUT2D eigenvalue weighted by Gasteiger charge is -2.24. The quantitative estimate of drug-likeness (QED) is 0.759. The Kier molecular flexibility index (Phi) is 4.57. The molecule has 2 N–H and O–H groups in total. The molecular formula is C20H21N3O2. The Labute approximate surface area is 146 Å². The molecule has 1 unspecified atom stereocenters. The van der Waals surface area contributed by atoms with Gasteiger partial charge in [-0.15, -0.1) is 0 Å². The third-order valence-electron chi connectivity index (χ3n) is 4.55. The first-order valence-electron chi connectivity index (χ1n) is 8.15. The number of aromatic nitrogens is 2. The van der Waals surface area contributed by atoms with Gasteiger partial charge in [0.25, 0.3) is 5.91 Å². The van der Waals surface area contributed by atoms with Crippen LogP contribution in [0.2, 0.25) is 0 Å². The van der Waals surface area contributed by atoms with Crippen molar-refractivity contribution in [2.75, 3.05) is 7.05 Å². The molecule has 3 aromatic rings. The van der Waals surface area contributed by atoms with E-state index < -0.39 is 0 Å². The van der Waals surface area contributed by atoms with Crippen molar-refractivity contribution in [3.63, 3.8) is 0 Å². The fourth-order valence-electron chi connectivity index (χ4n) is 2.74. The Balaban J connectivity index is 1.83. The van der Waals surface area contributed by atoms with Gasteiger partial charge in [0.1, 0.15) is 5.75 Å². The summed E-state index contributed by atoms with van der Waals surface area (Å²) >= 11 is 0. The smallest absolute Gasteiger partial charge is 0.254 e. The van der Waals surface area contributed by atoms with Crippen molar-refractivity contribution in [2.24, 2.45) is 0 Å². The summed E-state index contributed by atoms with van der Waals surface area (Å²) in [5.74, 6) is -0.0171. The number of benzene rings is 2. The Morgan fingerprint density at radius 2 is 1.88 bits per heavy atom. The number of amides is 1. The highest BCUT2D eigenvalue weighted by Gasteiger charge is 2.22. The SMILES string of the molecule is Cc1c(O)cccc1C(=O)N(C)C(C)c1cc(-c2ccccc2)n[nH]1. The van der Waals surface area contributed by atoms with Crippen molar-refractivity contribution >= 4 is 5.91 Å². The van der Waals surface area contributed by atoms with Crippen molar-refractivity contribution < 1.29 is 9.90 Å². The van der Waals surface area contributed by atoms with Crippen LogP contribution in [0.25, 0.3) is 11.3 Å². The number of hydrogen-bond acceptors (Lipinski definition) is 3. The van der Waals surface area contributed by atoms with Gasteiger partial charge in [-0.3, -0.25) is 9.89 Å². The molecule has 0 fully saturated rings. The van der Waals surface area contributed by atoms with E-state index in [2.05, 4.69) is 10.2 Å². The second kappa shape index (κ2) is 6.81. The minimum atomic E-state index is -0.181. The molecule has 1 amide bonds. The van der Waals surface area contributed by atoms with Gasteiger partial charge in [-0.05, 0) is 32.0 Å². The molecule has 3 rings (SSSR count). The molecule has 0 saturated heterocycles. The summed E-state index contributed by atoms with van der Waals surface area (Å²) in [7, 11) is 1.75. The molecule has 0 bridgehead atoms. The standard InChI is InChI=1S/C20H21N3O2/c1-13-16(10-7-11-19(13)24)20(25)23(3)14(2)17-12-18(22-21-17)15-8-5-4-6-9-15/h4-12,14,24H,1-3H3,(H,21,22). The number of phenols is 1. The predicted molar refractivity (Wildman–Crippen MR) is 97.4 cm³/mol. The summed E-state index contributed by atoms with van der Waals surface area (Å²) < 4.78 is 0. The van der Waals surface area contributed by atoms with E-state index in [0.717, 1.165) is 17.0 Å². The van der Waals surface area contributed by atoms with Gasteiger partial charge in [-0.25, -0.2) is 0 Å². The molecule has 0 aliphatic rings. The summed E-state index contributed by atoms with van der Waals surface area (Å²) in [6.45, 7) is 3.68. The predicted octanol–water partition coefficient (Wildman–Crippen LogP) is 3.92. The zero-order chi connectivity index (χ0) is 18.0. The molecule has 0 spiro atoms. The summed E-state index contributed by atoms with van der Waals surface area (Å²) in [6, 6.07) is 16.6. The van der Waals surface area contributed by atoms with Gasteiger partial charge in [0.05, 0.1) is 17.4 Å². The summed E-state index contributed by atoms with van der Waals surface area (Å²) in [5, 5.41) is 17.2. The Morgan fingerprint density at radius 3 is 2.60 bits per heavy atom. The van der Waals surface area contributed by atoms with E-state index in [1.54, 1.807) is 37.1 Å². The molecule has 0 radical (unpaired) electrons. The first-order chi connectivity index (χ1) is 12.0. The number of hydrogen-bond donors (Lipinski definition) is 2. The molecule has 1 aromatic heterocycles. The Bertz CT molecular complexity index is 887. The number of rotatable bonds is 4. The summed E-state index contributed by atoms with van der Waals surface area (Å²) in [6.07, 6.45) is 0. The number of carbonyl (C=O) groups is 1. The molecule has 2 aromatic carbocycles. The number of nitrogens with one attached hydrogen (secondary N) is 1. The first kappa shape index (κ1) is 16.8. The molecule has 5 heteroatoms. The molecule has 1 heterocycles. The number of aromatic hydroxyl groups is 1. The van der Waals surface area contributed by atoms with E-state index in [4.69, 9.17) is 0 Å². The third kappa shape index (κ3) is 3.26. The molecule has 0 saturated carbocycles. The fourth-order valence-corrected chi connectivity index (χ4v) is 2.74. The molecule has 25 heavy (non-hydrogen) atoms. The van der Waals surface area contributed by atoms with E-state index in [9.17, 15) is 9.90 Å². The van der Waals surface area contributed by atoms with Gasteiger partial charge in [0.15, 0.2) is 0 Å². The minimum Gasteiger partial charge on any atom is -0.508 e. The van der Waals surface area contributed by atoms with Crippen LogP contribution in [-0.4, -0.2) is 33.2 Å². The molecule has 128 valence electrons. The van der Waals surface area contributed by atoms with E-state index in [1.165, 1.54) is 0 Å². The van der Waals surface area contributed by atoms with E-state index in [-0.39, 0.29) is 17.7 Å². The monoisotopic (exact) mass is 335 g/mol. The highest BCUT2D eigenvalue weighted by molar-refractivity contribution is 5.96. The largest absolute Gasteiger partial charge is 0.508 e. The van der Waals surface area contributed by atoms with Crippen LogP contribution in [0.5, 0.6) is 5.75 Å². The van der Waals surface area contributed by atoms with Crippen LogP contribution >= 0.6 is 0 Å². The van der Waals surface area contributed by atoms with Crippen molar-refractivity contribution in [3.05, 3.63) is 71.4 Å². The van der Waals surface area contributed by atoms with Crippen LogP contribution in [0.4, 0.5) is 0 Å². The maximum atomic E-state index is 12.8. The van der Waals surface area contributed by atoms with Gasteiger partial charge >= 0.3 is 0 Å². The van der Waals surface area contributed by atoms with E-state index in [0.29, 0.717) is 11.1 Å². The maximum absolute atomic E-state index is 12.8. The van der Waals surface area contributed by atoms with Crippen LogP contribution in [-0.2, 0) is 0 Å². The van der Waals surface area contributed by atoms with Gasteiger partial charge in [-0.1, -0.05) is 36.4 Å².